The van der Waals surface area contributed by atoms with E-state index in [1.807, 2.05) is 13.8 Å². The second-order valence-electron chi connectivity index (χ2n) is 6.90. The van der Waals surface area contributed by atoms with Crippen LogP contribution in [0.15, 0.2) is 29.2 Å². The number of likely N-dealkylation sites (tertiary alicyclic amines) is 1. The summed E-state index contributed by atoms with van der Waals surface area (Å²) in [5, 5.41) is 18.9. The molecule has 9 heteroatoms. The van der Waals surface area contributed by atoms with Gasteiger partial charge in [0.25, 0.3) is 5.91 Å². The number of piperidine rings is 1. The lowest BCUT2D eigenvalue weighted by atomic mass is 9.91. The van der Waals surface area contributed by atoms with Gasteiger partial charge in [0.05, 0.1) is 4.90 Å². The number of hydrogen-bond acceptors (Lipinski definition) is 5. The zero-order valence-corrected chi connectivity index (χ0v) is 15.6. The number of sulfonamides is 1. The van der Waals surface area contributed by atoms with Gasteiger partial charge in [-0.2, -0.15) is 0 Å². The van der Waals surface area contributed by atoms with Crippen molar-refractivity contribution in [1.82, 2.24) is 9.62 Å². The molecule has 0 bridgehead atoms. The highest BCUT2D eigenvalue weighted by atomic mass is 32.2. The molecule has 1 aromatic rings. The Morgan fingerprint density at radius 3 is 2.19 bits per heavy atom. The first-order valence-electron chi connectivity index (χ1n) is 8.40. The van der Waals surface area contributed by atoms with Gasteiger partial charge in [-0.05, 0) is 30.2 Å². The largest absolute Gasteiger partial charge is 0.479 e. The molecule has 8 nitrogen and oxygen atoms in total. The van der Waals surface area contributed by atoms with Crippen LogP contribution in [0.1, 0.15) is 37.0 Å². The van der Waals surface area contributed by atoms with Crippen LogP contribution in [0, 0.1) is 5.92 Å². The summed E-state index contributed by atoms with van der Waals surface area (Å²) in [5.74, 6) is -1.43. The number of amides is 1. The summed E-state index contributed by atoms with van der Waals surface area (Å²) in [6.45, 7) is 4.36. The summed E-state index contributed by atoms with van der Waals surface area (Å²) >= 11 is 0. The van der Waals surface area contributed by atoms with E-state index in [1.165, 1.54) is 29.2 Å². The Morgan fingerprint density at radius 1 is 1.19 bits per heavy atom. The van der Waals surface area contributed by atoms with E-state index in [-0.39, 0.29) is 42.7 Å². The van der Waals surface area contributed by atoms with Crippen LogP contribution < -0.4 is 4.72 Å². The molecule has 1 heterocycles. The van der Waals surface area contributed by atoms with Crippen molar-refractivity contribution < 1.29 is 28.2 Å². The maximum absolute atomic E-state index is 12.5. The third-order valence-electron chi connectivity index (χ3n) is 4.37. The first-order chi connectivity index (χ1) is 12.0. The van der Waals surface area contributed by atoms with Crippen molar-refractivity contribution in [3.05, 3.63) is 29.8 Å². The number of benzene rings is 1. The molecule has 1 aromatic carbocycles. The molecule has 0 radical (unpaired) electrons. The van der Waals surface area contributed by atoms with Crippen molar-refractivity contribution in [2.24, 2.45) is 5.92 Å². The Hall–Kier alpha value is -1.97. The Bertz CT molecular complexity index is 765. The molecule has 144 valence electrons. The molecule has 2 rings (SSSR count). The number of nitrogens with zero attached hydrogens (tertiary/aromatic N) is 1. The van der Waals surface area contributed by atoms with Crippen LogP contribution in [0.3, 0.4) is 0 Å². The summed E-state index contributed by atoms with van der Waals surface area (Å²) in [5.41, 5.74) is -1.48. The van der Waals surface area contributed by atoms with Crippen LogP contribution in [-0.2, 0) is 14.8 Å². The number of aliphatic carboxylic acids is 1. The second kappa shape index (κ2) is 7.73. The Kier molecular flexibility index (Phi) is 6.05. The molecule has 1 fully saturated rings. The third kappa shape index (κ3) is 4.60. The topological polar surface area (TPSA) is 124 Å². The van der Waals surface area contributed by atoms with Crippen molar-refractivity contribution >= 4 is 21.9 Å². The van der Waals surface area contributed by atoms with Crippen molar-refractivity contribution in [1.29, 1.82) is 0 Å². The highest BCUT2D eigenvalue weighted by Gasteiger charge is 2.40. The zero-order chi connectivity index (χ0) is 19.5. The molecule has 1 amide bonds. The zero-order valence-electron chi connectivity index (χ0n) is 14.8. The van der Waals surface area contributed by atoms with Crippen LogP contribution in [-0.4, -0.2) is 60.6 Å². The predicted octanol–water partition coefficient (Wildman–Crippen LogP) is 0.673. The maximum atomic E-state index is 12.5. The standard InChI is InChI=1S/C17H24N2O6S/c1-12(2)11-18-26(24,25)14-5-3-13(4-6-14)15(20)19-9-7-17(23,8-10-19)16(21)22/h3-6,12,18,23H,7-11H2,1-2H3,(H,21,22). The number of rotatable bonds is 6. The van der Waals surface area contributed by atoms with Crippen LogP contribution >= 0.6 is 0 Å². The number of aliphatic hydroxyl groups is 1. The van der Waals surface area contributed by atoms with E-state index < -0.39 is 21.6 Å². The SMILES string of the molecule is CC(C)CNS(=O)(=O)c1ccc(C(=O)N2CCC(O)(C(=O)O)CC2)cc1. The van der Waals surface area contributed by atoms with Crippen molar-refractivity contribution in [3.8, 4) is 0 Å². The quantitative estimate of drug-likeness (QED) is 0.662. The smallest absolute Gasteiger partial charge is 0.335 e. The van der Waals surface area contributed by atoms with Crippen LogP contribution in [0.2, 0.25) is 0 Å². The van der Waals surface area contributed by atoms with Crippen molar-refractivity contribution in [2.75, 3.05) is 19.6 Å². The molecular weight excluding hydrogens is 360 g/mol. The highest BCUT2D eigenvalue weighted by molar-refractivity contribution is 7.89. The Labute approximate surface area is 152 Å². The number of carboxylic acids is 1. The fraction of sp³-hybridized carbons (Fsp3) is 0.529. The van der Waals surface area contributed by atoms with Gasteiger partial charge in [0.15, 0.2) is 5.60 Å². The molecule has 0 aliphatic carbocycles. The van der Waals surface area contributed by atoms with Gasteiger partial charge in [-0.3, -0.25) is 4.79 Å². The molecule has 3 N–H and O–H groups in total. The summed E-state index contributed by atoms with van der Waals surface area (Å²) in [6.07, 6.45) is -0.0840. The number of nitrogens with one attached hydrogen (secondary N) is 1. The van der Waals surface area contributed by atoms with Crippen LogP contribution in [0.4, 0.5) is 0 Å². The minimum Gasteiger partial charge on any atom is -0.479 e. The number of carbonyl (C=O) groups is 2. The highest BCUT2D eigenvalue weighted by Crippen LogP contribution is 2.24. The van der Waals surface area contributed by atoms with E-state index in [0.29, 0.717) is 12.1 Å². The first kappa shape index (κ1) is 20.3. The summed E-state index contributed by atoms with van der Waals surface area (Å²) in [6, 6.07) is 5.61. The van der Waals surface area contributed by atoms with E-state index in [2.05, 4.69) is 4.72 Å². The molecule has 26 heavy (non-hydrogen) atoms. The lowest BCUT2D eigenvalue weighted by Crippen LogP contribution is -2.50. The van der Waals surface area contributed by atoms with Gasteiger partial charge in [0.2, 0.25) is 10.0 Å². The van der Waals surface area contributed by atoms with Gasteiger partial charge in [-0.15, -0.1) is 0 Å². The predicted molar refractivity (Wildman–Crippen MR) is 94.2 cm³/mol. The third-order valence-corrected chi connectivity index (χ3v) is 5.81. The number of hydrogen-bond donors (Lipinski definition) is 3. The van der Waals surface area contributed by atoms with E-state index in [0.717, 1.165) is 0 Å². The average Bonchev–Trinajstić information content (AvgIpc) is 2.60. The average molecular weight is 384 g/mol. The minimum atomic E-state index is -3.62. The number of carbonyl (C=O) groups excluding carboxylic acids is 1. The van der Waals surface area contributed by atoms with Gasteiger partial charge >= 0.3 is 5.97 Å². The minimum absolute atomic E-state index is 0.0420. The molecule has 0 unspecified atom stereocenters. The molecule has 1 aliphatic rings. The van der Waals surface area contributed by atoms with Gasteiger partial charge in [0.1, 0.15) is 0 Å². The summed E-state index contributed by atoms with van der Waals surface area (Å²) < 4.78 is 26.8. The van der Waals surface area contributed by atoms with Gasteiger partial charge in [-0.1, -0.05) is 13.8 Å². The summed E-state index contributed by atoms with van der Waals surface area (Å²) in [4.78, 5) is 25.1. The lowest BCUT2D eigenvalue weighted by molar-refractivity contribution is -0.162. The fourth-order valence-electron chi connectivity index (χ4n) is 2.61. The van der Waals surface area contributed by atoms with Gasteiger partial charge in [0, 0.05) is 38.0 Å². The molecule has 0 aromatic heterocycles. The van der Waals surface area contributed by atoms with E-state index >= 15 is 0 Å². The Morgan fingerprint density at radius 2 is 1.73 bits per heavy atom. The molecule has 0 atom stereocenters. The van der Waals surface area contributed by atoms with Gasteiger partial charge in [-0.25, -0.2) is 17.9 Å². The Balaban J connectivity index is 2.05. The van der Waals surface area contributed by atoms with Crippen LogP contribution in [0.25, 0.3) is 0 Å². The fourth-order valence-corrected chi connectivity index (χ4v) is 3.83. The molecule has 0 saturated carbocycles. The second-order valence-corrected chi connectivity index (χ2v) is 8.67. The maximum Gasteiger partial charge on any atom is 0.335 e. The van der Waals surface area contributed by atoms with E-state index in [9.17, 15) is 23.1 Å². The molecule has 1 aliphatic heterocycles. The van der Waals surface area contributed by atoms with Crippen molar-refractivity contribution in [2.45, 2.75) is 37.2 Å². The monoisotopic (exact) mass is 384 g/mol. The molecule has 0 spiro atoms. The molecular formula is C17H24N2O6S. The van der Waals surface area contributed by atoms with Gasteiger partial charge < -0.3 is 15.1 Å². The number of carboxylic acid groups (broad SMARTS) is 1. The van der Waals surface area contributed by atoms with E-state index in [1.54, 1.807) is 0 Å². The van der Waals surface area contributed by atoms with E-state index in [4.69, 9.17) is 5.11 Å². The van der Waals surface area contributed by atoms with Crippen LogP contribution in [0.5, 0.6) is 0 Å². The first-order valence-corrected chi connectivity index (χ1v) is 9.88. The summed E-state index contributed by atoms with van der Waals surface area (Å²) in [7, 11) is -3.62. The lowest BCUT2D eigenvalue weighted by Gasteiger charge is -2.35. The normalized spacial score (nSPS) is 17.3. The van der Waals surface area contributed by atoms with Crippen molar-refractivity contribution in [3.63, 3.8) is 0 Å². The molecule has 1 saturated heterocycles.